The van der Waals surface area contributed by atoms with Crippen molar-refractivity contribution < 1.29 is 14.6 Å². The molecule has 1 saturated heterocycles. The lowest BCUT2D eigenvalue weighted by Gasteiger charge is -2.20. The molecule has 4 N–H and O–H groups in total. The minimum absolute atomic E-state index is 0.165. The Balaban J connectivity index is 2.17. The molecule has 2 atom stereocenters. The third kappa shape index (κ3) is 2.56. The van der Waals surface area contributed by atoms with Crippen LogP contribution < -0.4 is 11.1 Å². The van der Waals surface area contributed by atoms with Crippen LogP contribution in [0, 0.1) is 0 Å². The van der Waals surface area contributed by atoms with E-state index in [1.807, 2.05) is 0 Å². The van der Waals surface area contributed by atoms with Gasteiger partial charge in [0.25, 0.3) is 0 Å². The molecule has 0 bridgehead atoms. The van der Waals surface area contributed by atoms with E-state index >= 15 is 0 Å². The average molecular weight is 250 g/mol. The molecule has 0 radical (unpaired) electrons. The molecule has 0 spiro atoms. The summed E-state index contributed by atoms with van der Waals surface area (Å²) in [6.45, 7) is 2.80. The number of ether oxygens (including phenoxy) is 1. The molecule has 1 aliphatic heterocycles. The highest BCUT2D eigenvalue weighted by atomic mass is 16.5. The minimum atomic E-state index is -0.951. The number of hydrogen-bond donors (Lipinski definition) is 3. The number of nitrogens with two attached hydrogens (primary N) is 1. The fourth-order valence-corrected chi connectivity index (χ4v) is 2.23. The van der Waals surface area contributed by atoms with Gasteiger partial charge in [-0.1, -0.05) is 6.92 Å². The van der Waals surface area contributed by atoms with E-state index < -0.39 is 5.97 Å². The second kappa shape index (κ2) is 5.27. The molecule has 0 unspecified atom stereocenters. The Hall–Kier alpha value is -1.75. The Morgan fingerprint density at radius 1 is 1.61 bits per heavy atom. The molecule has 1 heterocycles. The van der Waals surface area contributed by atoms with Gasteiger partial charge in [-0.05, 0) is 31.0 Å². The van der Waals surface area contributed by atoms with Gasteiger partial charge >= 0.3 is 5.97 Å². The number of aromatic carboxylic acids is 1. The lowest BCUT2D eigenvalue weighted by Crippen LogP contribution is -2.29. The fraction of sp³-hybridized carbons (Fsp3) is 0.462. The maximum Gasteiger partial charge on any atom is 0.335 e. The molecular weight excluding hydrogens is 232 g/mol. The Bertz CT molecular complexity index is 448. The van der Waals surface area contributed by atoms with E-state index in [2.05, 4.69) is 12.2 Å². The zero-order valence-corrected chi connectivity index (χ0v) is 10.3. The van der Waals surface area contributed by atoms with Crippen molar-refractivity contribution in [1.29, 1.82) is 0 Å². The van der Waals surface area contributed by atoms with Gasteiger partial charge in [-0.3, -0.25) is 0 Å². The molecule has 98 valence electrons. The fourth-order valence-electron chi connectivity index (χ4n) is 2.23. The van der Waals surface area contributed by atoms with Gasteiger partial charge in [0.05, 0.1) is 29.1 Å². The van der Waals surface area contributed by atoms with Crippen LogP contribution in [-0.2, 0) is 4.74 Å². The van der Waals surface area contributed by atoms with Crippen molar-refractivity contribution in [2.45, 2.75) is 31.9 Å². The number of nitrogens with one attached hydrogen (secondary N) is 1. The van der Waals surface area contributed by atoms with Gasteiger partial charge < -0.3 is 20.9 Å². The van der Waals surface area contributed by atoms with Gasteiger partial charge in [0.2, 0.25) is 0 Å². The zero-order chi connectivity index (χ0) is 13.1. The summed E-state index contributed by atoms with van der Waals surface area (Å²) in [7, 11) is 0. The van der Waals surface area contributed by atoms with Crippen LogP contribution in [0.25, 0.3) is 0 Å². The van der Waals surface area contributed by atoms with Crippen LogP contribution in [0.15, 0.2) is 18.2 Å². The summed E-state index contributed by atoms with van der Waals surface area (Å²) in [6.07, 6.45) is 2.00. The Morgan fingerprint density at radius 3 is 3.06 bits per heavy atom. The highest BCUT2D eigenvalue weighted by Gasteiger charge is 2.27. The topological polar surface area (TPSA) is 84.6 Å². The molecule has 5 heteroatoms. The highest BCUT2D eigenvalue weighted by Crippen LogP contribution is 2.26. The van der Waals surface area contributed by atoms with Gasteiger partial charge in [0.15, 0.2) is 0 Å². The van der Waals surface area contributed by atoms with Crippen LogP contribution >= 0.6 is 0 Å². The van der Waals surface area contributed by atoms with E-state index in [0.29, 0.717) is 11.4 Å². The Labute approximate surface area is 106 Å². The predicted molar refractivity (Wildman–Crippen MR) is 69.9 cm³/mol. The van der Waals surface area contributed by atoms with Crippen LogP contribution in [0.1, 0.15) is 30.1 Å². The van der Waals surface area contributed by atoms with Crippen molar-refractivity contribution in [3.8, 4) is 0 Å². The van der Waals surface area contributed by atoms with E-state index in [1.54, 1.807) is 12.1 Å². The van der Waals surface area contributed by atoms with Gasteiger partial charge in [-0.25, -0.2) is 4.79 Å². The van der Waals surface area contributed by atoms with Gasteiger partial charge in [-0.2, -0.15) is 0 Å². The molecule has 1 fully saturated rings. The van der Waals surface area contributed by atoms with Crippen molar-refractivity contribution in [2.24, 2.45) is 0 Å². The third-order valence-corrected chi connectivity index (χ3v) is 3.25. The van der Waals surface area contributed by atoms with Crippen molar-refractivity contribution in [2.75, 3.05) is 17.7 Å². The molecule has 2 rings (SSSR count). The standard InChI is InChI=1S/C13H18N2O3/c1-2-12-10(5-6-18-12)15-11-7-8(13(16)17)3-4-9(11)14/h3-4,7,10,12,15H,2,5-6,14H2,1H3,(H,16,17)/t10-,12+/m1/s1. The number of carbonyl (C=O) groups is 1. The van der Waals surface area contributed by atoms with Crippen molar-refractivity contribution in [3.05, 3.63) is 23.8 Å². The number of hydrogen-bond acceptors (Lipinski definition) is 4. The first-order chi connectivity index (χ1) is 8.61. The second-order valence-corrected chi connectivity index (χ2v) is 4.46. The van der Waals surface area contributed by atoms with Crippen molar-refractivity contribution in [1.82, 2.24) is 0 Å². The highest BCUT2D eigenvalue weighted by molar-refractivity contribution is 5.90. The second-order valence-electron chi connectivity index (χ2n) is 4.46. The summed E-state index contributed by atoms with van der Waals surface area (Å²) in [5.41, 5.74) is 7.32. The number of nitrogen functional groups attached to an aromatic ring is 1. The Kier molecular flexibility index (Phi) is 3.72. The molecule has 1 aliphatic rings. The van der Waals surface area contributed by atoms with E-state index in [-0.39, 0.29) is 17.7 Å². The number of carboxylic acid groups (broad SMARTS) is 1. The van der Waals surface area contributed by atoms with Crippen LogP contribution in [0.5, 0.6) is 0 Å². The number of benzene rings is 1. The smallest absolute Gasteiger partial charge is 0.335 e. The lowest BCUT2D eigenvalue weighted by atomic mass is 10.1. The van der Waals surface area contributed by atoms with Gasteiger partial charge in [0, 0.05) is 6.61 Å². The third-order valence-electron chi connectivity index (χ3n) is 3.25. The summed E-state index contributed by atoms with van der Waals surface area (Å²) in [6, 6.07) is 4.89. The largest absolute Gasteiger partial charge is 0.478 e. The molecular formula is C13H18N2O3. The summed E-state index contributed by atoms with van der Waals surface area (Å²) >= 11 is 0. The lowest BCUT2D eigenvalue weighted by molar-refractivity contribution is 0.0697. The van der Waals surface area contributed by atoms with Gasteiger partial charge in [0.1, 0.15) is 0 Å². The molecule has 0 saturated carbocycles. The Morgan fingerprint density at radius 2 is 2.39 bits per heavy atom. The number of anilines is 2. The molecule has 1 aromatic carbocycles. The number of carboxylic acids is 1. The monoisotopic (exact) mass is 250 g/mol. The summed E-state index contributed by atoms with van der Waals surface area (Å²) in [5.74, 6) is -0.951. The minimum Gasteiger partial charge on any atom is -0.478 e. The molecule has 5 nitrogen and oxygen atoms in total. The van der Waals surface area contributed by atoms with E-state index in [1.165, 1.54) is 6.07 Å². The van der Waals surface area contributed by atoms with Crippen LogP contribution in [0.4, 0.5) is 11.4 Å². The van der Waals surface area contributed by atoms with E-state index in [9.17, 15) is 4.79 Å². The van der Waals surface area contributed by atoms with Gasteiger partial charge in [-0.15, -0.1) is 0 Å². The van der Waals surface area contributed by atoms with Crippen LogP contribution in [0.3, 0.4) is 0 Å². The van der Waals surface area contributed by atoms with Crippen molar-refractivity contribution in [3.63, 3.8) is 0 Å². The maximum atomic E-state index is 10.9. The van der Waals surface area contributed by atoms with Crippen LogP contribution in [0.2, 0.25) is 0 Å². The molecule has 0 aromatic heterocycles. The number of rotatable bonds is 4. The summed E-state index contributed by atoms with van der Waals surface area (Å²) < 4.78 is 5.58. The quantitative estimate of drug-likeness (QED) is 0.711. The first kappa shape index (κ1) is 12.7. The summed E-state index contributed by atoms with van der Waals surface area (Å²) in [4.78, 5) is 10.9. The normalized spacial score (nSPS) is 22.9. The van der Waals surface area contributed by atoms with Crippen molar-refractivity contribution >= 4 is 17.3 Å². The first-order valence-electron chi connectivity index (χ1n) is 6.12. The van der Waals surface area contributed by atoms with E-state index in [0.717, 1.165) is 19.4 Å². The zero-order valence-electron chi connectivity index (χ0n) is 10.3. The average Bonchev–Trinajstić information content (AvgIpc) is 2.79. The molecule has 0 aliphatic carbocycles. The first-order valence-corrected chi connectivity index (χ1v) is 6.12. The molecule has 18 heavy (non-hydrogen) atoms. The molecule has 1 aromatic rings. The predicted octanol–water partition coefficient (Wildman–Crippen LogP) is 1.95. The SMILES string of the molecule is CC[C@@H]1OCC[C@H]1Nc1cc(C(=O)O)ccc1N. The van der Waals surface area contributed by atoms with E-state index in [4.69, 9.17) is 15.6 Å². The molecule has 0 amide bonds. The summed E-state index contributed by atoms with van der Waals surface area (Å²) in [5, 5.41) is 12.3. The maximum absolute atomic E-state index is 10.9. The van der Waals surface area contributed by atoms with Crippen LogP contribution in [-0.4, -0.2) is 29.8 Å².